The van der Waals surface area contributed by atoms with Crippen LogP contribution in [-0.2, 0) is 11.3 Å². The standard InChI is InChI=1S/C18H14F3N5O/c1-2-17(27)23-9-12-8-22-15(11-3-5-13(19)6-4-11)7-14(12)16-10-26(18(20)21)25-24-16/h2-8,10,18H,1,9H2,(H,23,27). The molecular weight excluding hydrogens is 359 g/mol. The molecule has 27 heavy (non-hydrogen) atoms. The third-order valence-electron chi connectivity index (χ3n) is 3.75. The largest absolute Gasteiger partial charge is 0.348 e. The monoisotopic (exact) mass is 373 g/mol. The van der Waals surface area contributed by atoms with Gasteiger partial charge in [0.05, 0.1) is 11.9 Å². The van der Waals surface area contributed by atoms with E-state index in [0.29, 0.717) is 27.1 Å². The van der Waals surface area contributed by atoms with Crippen LogP contribution in [0.2, 0.25) is 0 Å². The molecule has 2 aromatic heterocycles. The van der Waals surface area contributed by atoms with E-state index in [0.717, 1.165) is 12.3 Å². The number of rotatable bonds is 6. The molecule has 2 heterocycles. The molecule has 1 aromatic carbocycles. The summed E-state index contributed by atoms with van der Waals surface area (Å²) >= 11 is 0. The minimum atomic E-state index is -2.83. The Bertz CT molecular complexity index is 969. The minimum absolute atomic E-state index is 0.0957. The van der Waals surface area contributed by atoms with Gasteiger partial charge in [0, 0.05) is 23.9 Å². The van der Waals surface area contributed by atoms with Crippen LogP contribution in [0.25, 0.3) is 22.5 Å². The molecule has 0 atom stereocenters. The molecule has 0 fully saturated rings. The summed E-state index contributed by atoms with van der Waals surface area (Å²) in [4.78, 5) is 15.7. The maximum absolute atomic E-state index is 13.1. The SMILES string of the molecule is C=CC(=O)NCc1cnc(-c2ccc(F)cc2)cc1-c1cn(C(F)F)nn1. The second kappa shape index (κ2) is 7.81. The summed E-state index contributed by atoms with van der Waals surface area (Å²) in [5.41, 5.74) is 2.36. The van der Waals surface area contributed by atoms with Crippen LogP contribution in [0.1, 0.15) is 12.1 Å². The van der Waals surface area contributed by atoms with Crippen LogP contribution in [0, 0.1) is 5.82 Å². The summed E-state index contributed by atoms with van der Waals surface area (Å²) in [5.74, 6) is -0.776. The van der Waals surface area contributed by atoms with Crippen molar-refractivity contribution in [2.75, 3.05) is 0 Å². The van der Waals surface area contributed by atoms with Crippen LogP contribution in [0.15, 0.2) is 55.4 Å². The number of hydrogen-bond acceptors (Lipinski definition) is 4. The smallest absolute Gasteiger partial charge is 0.334 e. The van der Waals surface area contributed by atoms with E-state index in [1.54, 1.807) is 18.2 Å². The Morgan fingerprint density at radius 1 is 1.26 bits per heavy atom. The van der Waals surface area contributed by atoms with Gasteiger partial charge in [-0.05, 0) is 42.0 Å². The number of nitrogens with zero attached hydrogens (tertiary/aromatic N) is 4. The Balaban J connectivity index is 2.03. The molecule has 3 rings (SSSR count). The Labute approximate surface area is 152 Å². The summed E-state index contributed by atoms with van der Waals surface area (Å²) in [5, 5.41) is 9.78. The molecule has 0 bridgehead atoms. The highest BCUT2D eigenvalue weighted by Gasteiger charge is 2.15. The molecule has 6 nitrogen and oxygen atoms in total. The fourth-order valence-electron chi connectivity index (χ4n) is 2.39. The first kappa shape index (κ1) is 18.3. The van der Waals surface area contributed by atoms with Gasteiger partial charge in [0.1, 0.15) is 11.5 Å². The molecule has 0 unspecified atom stereocenters. The predicted octanol–water partition coefficient (Wildman–Crippen LogP) is 3.34. The molecule has 0 spiro atoms. The summed E-state index contributed by atoms with van der Waals surface area (Å²) in [6.45, 7) is 0.640. The van der Waals surface area contributed by atoms with Crippen molar-refractivity contribution >= 4 is 5.91 Å². The van der Waals surface area contributed by atoms with Crippen LogP contribution < -0.4 is 5.32 Å². The molecule has 9 heteroatoms. The molecule has 0 saturated carbocycles. The van der Waals surface area contributed by atoms with E-state index in [1.807, 2.05) is 0 Å². The number of benzene rings is 1. The van der Waals surface area contributed by atoms with Crippen molar-refractivity contribution in [3.05, 3.63) is 66.8 Å². The number of carbonyl (C=O) groups excluding carboxylic acids is 1. The van der Waals surface area contributed by atoms with Gasteiger partial charge < -0.3 is 5.32 Å². The Morgan fingerprint density at radius 3 is 2.63 bits per heavy atom. The molecular formula is C18H14F3N5O. The summed E-state index contributed by atoms with van der Waals surface area (Å²) in [6.07, 6.45) is 3.72. The summed E-state index contributed by atoms with van der Waals surface area (Å²) in [6, 6.07) is 7.32. The fraction of sp³-hybridized carbons (Fsp3) is 0.111. The first-order chi connectivity index (χ1) is 13.0. The van der Waals surface area contributed by atoms with Crippen molar-refractivity contribution < 1.29 is 18.0 Å². The maximum atomic E-state index is 13.1. The minimum Gasteiger partial charge on any atom is -0.348 e. The predicted molar refractivity (Wildman–Crippen MR) is 91.9 cm³/mol. The van der Waals surface area contributed by atoms with Gasteiger partial charge in [-0.2, -0.15) is 13.5 Å². The van der Waals surface area contributed by atoms with Crippen molar-refractivity contribution in [3.8, 4) is 22.5 Å². The lowest BCUT2D eigenvalue weighted by molar-refractivity contribution is -0.116. The zero-order chi connectivity index (χ0) is 19.4. The molecule has 138 valence electrons. The van der Waals surface area contributed by atoms with E-state index >= 15 is 0 Å². The zero-order valence-corrected chi connectivity index (χ0v) is 13.9. The van der Waals surface area contributed by atoms with E-state index < -0.39 is 6.55 Å². The average Bonchev–Trinajstić information content (AvgIpc) is 3.17. The zero-order valence-electron chi connectivity index (χ0n) is 13.9. The quantitative estimate of drug-likeness (QED) is 0.673. The second-order valence-corrected chi connectivity index (χ2v) is 5.52. The number of halogens is 3. The lowest BCUT2D eigenvalue weighted by atomic mass is 10.0. The lowest BCUT2D eigenvalue weighted by Crippen LogP contribution is -2.20. The Hall–Kier alpha value is -3.49. The topological polar surface area (TPSA) is 72.7 Å². The van der Waals surface area contributed by atoms with Gasteiger partial charge >= 0.3 is 6.55 Å². The first-order valence-corrected chi connectivity index (χ1v) is 7.83. The van der Waals surface area contributed by atoms with Crippen LogP contribution >= 0.6 is 0 Å². The number of pyridine rings is 1. The summed E-state index contributed by atoms with van der Waals surface area (Å²) < 4.78 is 39.2. The summed E-state index contributed by atoms with van der Waals surface area (Å²) in [7, 11) is 0. The number of alkyl halides is 2. The first-order valence-electron chi connectivity index (χ1n) is 7.83. The molecule has 0 radical (unpaired) electrons. The van der Waals surface area contributed by atoms with Crippen LogP contribution in [-0.4, -0.2) is 25.9 Å². The second-order valence-electron chi connectivity index (χ2n) is 5.52. The van der Waals surface area contributed by atoms with E-state index in [9.17, 15) is 18.0 Å². The van der Waals surface area contributed by atoms with Crippen LogP contribution in [0.5, 0.6) is 0 Å². The highest BCUT2D eigenvalue weighted by molar-refractivity contribution is 5.87. The van der Waals surface area contributed by atoms with Gasteiger partial charge in [-0.15, -0.1) is 5.10 Å². The van der Waals surface area contributed by atoms with E-state index in [1.165, 1.54) is 18.3 Å². The lowest BCUT2D eigenvalue weighted by Gasteiger charge is -2.10. The van der Waals surface area contributed by atoms with Gasteiger partial charge in [0.15, 0.2) is 0 Å². The van der Waals surface area contributed by atoms with Crippen molar-refractivity contribution in [1.29, 1.82) is 0 Å². The molecule has 0 aliphatic carbocycles. The van der Waals surface area contributed by atoms with Crippen molar-refractivity contribution in [1.82, 2.24) is 25.3 Å². The maximum Gasteiger partial charge on any atom is 0.334 e. The van der Waals surface area contributed by atoms with Crippen molar-refractivity contribution in [2.24, 2.45) is 0 Å². The van der Waals surface area contributed by atoms with Gasteiger partial charge in [-0.1, -0.05) is 11.8 Å². The van der Waals surface area contributed by atoms with E-state index in [4.69, 9.17) is 0 Å². The highest BCUT2D eigenvalue weighted by Crippen LogP contribution is 2.27. The van der Waals surface area contributed by atoms with Crippen LogP contribution in [0.3, 0.4) is 0 Å². The fourth-order valence-corrected chi connectivity index (χ4v) is 2.39. The van der Waals surface area contributed by atoms with Crippen molar-refractivity contribution in [2.45, 2.75) is 13.1 Å². The van der Waals surface area contributed by atoms with Crippen molar-refractivity contribution in [3.63, 3.8) is 0 Å². The normalized spacial score (nSPS) is 10.8. The number of amides is 1. The molecule has 0 aliphatic heterocycles. The Morgan fingerprint density at radius 2 is 2.00 bits per heavy atom. The molecule has 1 N–H and O–H groups in total. The van der Waals surface area contributed by atoms with Gasteiger partial charge in [-0.25, -0.2) is 4.39 Å². The van der Waals surface area contributed by atoms with E-state index in [-0.39, 0.29) is 24.0 Å². The molecule has 1 amide bonds. The molecule has 0 saturated heterocycles. The third-order valence-corrected chi connectivity index (χ3v) is 3.75. The molecule has 0 aliphatic rings. The van der Waals surface area contributed by atoms with Gasteiger partial charge in [-0.3, -0.25) is 9.78 Å². The average molecular weight is 373 g/mol. The number of aromatic nitrogens is 4. The number of carbonyl (C=O) groups is 1. The van der Waals surface area contributed by atoms with Crippen LogP contribution in [0.4, 0.5) is 13.2 Å². The third kappa shape index (κ3) is 4.20. The number of nitrogens with one attached hydrogen (secondary N) is 1. The number of hydrogen-bond donors (Lipinski definition) is 1. The van der Waals surface area contributed by atoms with Gasteiger partial charge in [0.25, 0.3) is 0 Å². The van der Waals surface area contributed by atoms with E-state index in [2.05, 4.69) is 27.2 Å². The Kier molecular flexibility index (Phi) is 5.30. The molecule has 3 aromatic rings. The highest BCUT2D eigenvalue weighted by atomic mass is 19.3. The van der Waals surface area contributed by atoms with Gasteiger partial charge in [0.2, 0.25) is 5.91 Å².